The molecule has 5 nitrogen and oxygen atoms in total. The van der Waals surface area contributed by atoms with Crippen molar-refractivity contribution >= 4 is 55.2 Å². The van der Waals surface area contributed by atoms with Crippen LogP contribution in [-0.4, -0.2) is 24.3 Å². The summed E-state index contributed by atoms with van der Waals surface area (Å²) in [7, 11) is 0. The number of halogens is 2. The van der Waals surface area contributed by atoms with E-state index in [0.29, 0.717) is 29.3 Å². The largest absolute Gasteiger partial charge is 0.490 e. The molecule has 7 heteroatoms. The van der Waals surface area contributed by atoms with Crippen LogP contribution in [0.5, 0.6) is 11.5 Å². The molecular weight excluding hydrogens is 584 g/mol. The summed E-state index contributed by atoms with van der Waals surface area (Å²) in [6.45, 7) is 2.47. The maximum atomic E-state index is 13.7. The molecule has 3 aromatic rings. The number of carbonyl (C=O) groups is 1. The van der Waals surface area contributed by atoms with Gasteiger partial charge in [0.25, 0.3) is 5.91 Å². The Morgan fingerprint density at radius 2 is 1.81 bits per heavy atom. The molecule has 2 aliphatic rings. The highest BCUT2D eigenvalue weighted by atomic mass is 79.9. The molecule has 0 saturated heterocycles. The molecule has 0 N–H and O–H groups in total. The van der Waals surface area contributed by atoms with Gasteiger partial charge < -0.3 is 9.47 Å². The number of rotatable bonds is 7. The zero-order valence-electron chi connectivity index (χ0n) is 19.9. The van der Waals surface area contributed by atoms with Crippen molar-refractivity contribution in [3.8, 4) is 11.5 Å². The minimum absolute atomic E-state index is 0.188. The van der Waals surface area contributed by atoms with Crippen LogP contribution in [-0.2, 0) is 4.79 Å². The lowest BCUT2D eigenvalue weighted by Gasteiger charge is -2.19. The Bertz CT molecular complexity index is 1330. The number of amides is 1. The summed E-state index contributed by atoms with van der Waals surface area (Å²) in [5, 5.41) is 6.19. The Morgan fingerprint density at radius 3 is 2.53 bits per heavy atom. The number of ether oxygens (including phenoxy) is 2. The second-order valence-electron chi connectivity index (χ2n) is 8.76. The first-order valence-electron chi connectivity index (χ1n) is 12.1. The van der Waals surface area contributed by atoms with Crippen molar-refractivity contribution in [3.05, 3.63) is 92.4 Å². The first kappa shape index (κ1) is 24.8. The van der Waals surface area contributed by atoms with Gasteiger partial charge in [0.2, 0.25) is 0 Å². The normalized spacial score (nSPS) is 17.1. The van der Waals surface area contributed by atoms with Gasteiger partial charge in [-0.2, -0.15) is 10.1 Å². The number of nitrogens with zero attached hydrogens (tertiary/aromatic N) is 2. The SMILES string of the molecule is CCOc1cc(C=C2C(=O)N(c3cccc(Br)c3)N=C2c2ccccc2)cc(Br)c1OC1CCCC1. The monoisotopic (exact) mass is 608 g/mol. The van der Waals surface area contributed by atoms with Gasteiger partial charge in [-0.05, 0) is 90.5 Å². The molecule has 0 unspecified atom stereocenters. The molecule has 0 spiro atoms. The van der Waals surface area contributed by atoms with E-state index in [1.165, 1.54) is 17.9 Å². The average Bonchev–Trinajstić information content (AvgIpc) is 3.50. The van der Waals surface area contributed by atoms with Crippen molar-refractivity contribution in [3.63, 3.8) is 0 Å². The molecule has 36 heavy (non-hydrogen) atoms. The molecule has 1 saturated carbocycles. The first-order chi connectivity index (χ1) is 17.5. The molecule has 0 aromatic heterocycles. The van der Waals surface area contributed by atoms with Crippen LogP contribution in [0, 0.1) is 0 Å². The van der Waals surface area contributed by atoms with Gasteiger partial charge >= 0.3 is 0 Å². The highest BCUT2D eigenvalue weighted by Gasteiger charge is 2.32. The van der Waals surface area contributed by atoms with Gasteiger partial charge in [-0.1, -0.05) is 52.3 Å². The van der Waals surface area contributed by atoms with E-state index < -0.39 is 0 Å². The Morgan fingerprint density at radius 1 is 1.03 bits per heavy atom. The smallest absolute Gasteiger partial charge is 0.281 e. The minimum Gasteiger partial charge on any atom is -0.490 e. The van der Waals surface area contributed by atoms with Crippen LogP contribution in [0.25, 0.3) is 6.08 Å². The van der Waals surface area contributed by atoms with Gasteiger partial charge in [0.15, 0.2) is 11.5 Å². The highest BCUT2D eigenvalue weighted by molar-refractivity contribution is 9.10. The number of benzene rings is 3. The fourth-order valence-corrected chi connectivity index (χ4v) is 5.47. The first-order valence-corrected chi connectivity index (χ1v) is 13.7. The summed E-state index contributed by atoms with van der Waals surface area (Å²) >= 11 is 7.19. The van der Waals surface area contributed by atoms with Crippen molar-refractivity contribution < 1.29 is 14.3 Å². The van der Waals surface area contributed by atoms with Gasteiger partial charge in [0, 0.05) is 10.0 Å². The lowest BCUT2D eigenvalue weighted by molar-refractivity contribution is -0.114. The molecule has 1 aliphatic heterocycles. The highest BCUT2D eigenvalue weighted by Crippen LogP contribution is 2.40. The van der Waals surface area contributed by atoms with Gasteiger partial charge in [0.1, 0.15) is 5.71 Å². The van der Waals surface area contributed by atoms with Gasteiger partial charge in [-0.15, -0.1) is 0 Å². The molecule has 1 heterocycles. The van der Waals surface area contributed by atoms with Crippen LogP contribution in [0.4, 0.5) is 5.69 Å². The van der Waals surface area contributed by atoms with Gasteiger partial charge in [-0.25, -0.2) is 0 Å². The van der Waals surface area contributed by atoms with Gasteiger partial charge in [0.05, 0.1) is 28.4 Å². The molecule has 1 fully saturated rings. The van der Waals surface area contributed by atoms with Crippen molar-refractivity contribution in [2.75, 3.05) is 11.6 Å². The second-order valence-corrected chi connectivity index (χ2v) is 10.5. The fourth-order valence-electron chi connectivity index (χ4n) is 4.52. The maximum absolute atomic E-state index is 13.7. The Kier molecular flexibility index (Phi) is 7.58. The molecular formula is C29H26Br2N2O3. The third-order valence-corrected chi connectivity index (χ3v) is 7.29. The van der Waals surface area contributed by atoms with Gasteiger partial charge in [-0.3, -0.25) is 4.79 Å². The summed E-state index contributed by atoms with van der Waals surface area (Å²) in [5.41, 5.74) is 3.54. The van der Waals surface area contributed by atoms with E-state index in [1.807, 2.05) is 79.7 Å². The van der Waals surface area contributed by atoms with Crippen LogP contribution < -0.4 is 14.5 Å². The van der Waals surface area contributed by atoms with E-state index in [4.69, 9.17) is 14.6 Å². The summed E-state index contributed by atoms with van der Waals surface area (Å²) in [5.74, 6) is 1.20. The van der Waals surface area contributed by atoms with E-state index in [9.17, 15) is 4.79 Å². The predicted octanol–water partition coefficient (Wildman–Crippen LogP) is 7.77. The van der Waals surface area contributed by atoms with Crippen molar-refractivity contribution in [2.24, 2.45) is 5.10 Å². The third kappa shape index (κ3) is 5.27. The van der Waals surface area contributed by atoms with Crippen LogP contribution >= 0.6 is 31.9 Å². The van der Waals surface area contributed by atoms with E-state index in [1.54, 1.807) is 0 Å². The standard InChI is InChI=1S/C29H26Br2N2O3/c1-2-35-26-17-19(16-25(31)28(26)36-23-13-6-7-14-23)15-24-27(20-9-4-3-5-10-20)32-33(29(24)34)22-12-8-11-21(30)18-22/h3-5,8-12,15-18,23H,2,6-7,13-14H2,1H3. The molecule has 184 valence electrons. The number of anilines is 1. The van der Waals surface area contributed by atoms with Crippen LogP contribution in [0.1, 0.15) is 43.7 Å². The molecule has 0 atom stereocenters. The average molecular weight is 610 g/mol. The van der Waals surface area contributed by atoms with Crippen molar-refractivity contribution in [1.82, 2.24) is 0 Å². The number of carbonyl (C=O) groups excluding carboxylic acids is 1. The Hall–Kier alpha value is -2.90. The van der Waals surface area contributed by atoms with Crippen molar-refractivity contribution in [1.29, 1.82) is 0 Å². The predicted molar refractivity (Wildman–Crippen MR) is 151 cm³/mol. The lowest BCUT2D eigenvalue weighted by Crippen LogP contribution is -2.21. The van der Waals surface area contributed by atoms with Crippen molar-refractivity contribution in [2.45, 2.75) is 38.7 Å². The van der Waals surface area contributed by atoms with Crippen LogP contribution in [0.3, 0.4) is 0 Å². The molecule has 1 aliphatic carbocycles. The lowest BCUT2D eigenvalue weighted by atomic mass is 10.00. The topological polar surface area (TPSA) is 51.1 Å². The molecule has 0 radical (unpaired) electrons. The van der Waals surface area contributed by atoms with E-state index in [-0.39, 0.29) is 12.0 Å². The molecule has 1 amide bonds. The second kappa shape index (κ2) is 11.0. The summed E-state index contributed by atoms with van der Waals surface area (Å²) in [6, 6.07) is 21.2. The minimum atomic E-state index is -0.188. The summed E-state index contributed by atoms with van der Waals surface area (Å²) in [6.07, 6.45) is 6.57. The fraction of sp³-hybridized carbons (Fsp3) is 0.241. The number of hydrogen-bond acceptors (Lipinski definition) is 4. The summed E-state index contributed by atoms with van der Waals surface area (Å²) < 4.78 is 14.0. The summed E-state index contributed by atoms with van der Waals surface area (Å²) in [4.78, 5) is 13.7. The zero-order valence-corrected chi connectivity index (χ0v) is 23.1. The van der Waals surface area contributed by atoms with Crippen LogP contribution in [0.15, 0.2) is 86.3 Å². The zero-order chi connectivity index (χ0) is 25.1. The van der Waals surface area contributed by atoms with E-state index in [0.717, 1.165) is 38.7 Å². The molecule has 3 aromatic carbocycles. The number of hydrazone groups is 1. The number of hydrogen-bond donors (Lipinski definition) is 0. The van der Waals surface area contributed by atoms with Crippen LogP contribution in [0.2, 0.25) is 0 Å². The van der Waals surface area contributed by atoms with E-state index >= 15 is 0 Å². The van der Waals surface area contributed by atoms with E-state index in [2.05, 4.69) is 31.9 Å². The quantitative estimate of drug-likeness (QED) is 0.257. The maximum Gasteiger partial charge on any atom is 0.281 e. The third-order valence-electron chi connectivity index (χ3n) is 6.21. The molecule has 0 bridgehead atoms. The Balaban J connectivity index is 1.56. The Labute approximate surface area is 228 Å². The molecule has 5 rings (SSSR count).